The normalized spacial score (nSPS) is 13.0. The molecule has 0 radical (unpaired) electrons. The summed E-state index contributed by atoms with van der Waals surface area (Å²) in [6.45, 7) is 2.83. The summed E-state index contributed by atoms with van der Waals surface area (Å²) in [6.07, 6.45) is 0. The van der Waals surface area contributed by atoms with Crippen molar-refractivity contribution in [3.8, 4) is 5.75 Å². The number of nitrogens with one attached hydrogen (secondary N) is 1. The highest BCUT2D eigenvalue weighted by Gasteiger charge is 2.22. The Hall–Kier alpha value is -2.97. The number of fused-ring (bicyclic) bond motifs is 1. The molecule has 1 heterocycles. The van der Waals surface area contributed by atoms with E-state index in [9.17, 15) is 14.9 Å². The predicted molar refractivity (Wildman–Crippen MR) is 99.5 cm³/mol. The van der Waals surface area contributed by atoms with Crippen LogP contribution in [0.25, 0.3) is 0 Å². The number of non-ortho nitro benzene ring substituents is 1. The highest BCUT2D eigenvalue weighted by atomic mass is 16.7. The molecular formula is C19H21N3O5. The SMILES string of the molecule is Cc1ccc(NC(=O)CN(C)Cc2cc([N+](=O)[O-])cc3c2OCOC3)cc1. The van der Waals surface area contributed by atoms with Gasteiger partial charge in [-0.3, -0.25) is 19.8 Å². The zero-order chi connectivity index (χ0) is 19.4. The van der Waals surface area contributed by atoms with Gasteiger partial charge in [-0.05, 0) is 26.1 Å². The van der Waals surface area contributed by atoms with Crippen molar-refractivity contribution in [2.24, 2.45) is 0 Å². The number of hydrogen-bond donors (Lipinski definition) is 1. The van der Waals surface area contributed by atoms with Crippen molar-refractivity contribution in [3.63, 3.8) is 0 Å². The van der Waals surface area contributed by atoms with Gasteiger partial charge in [0.05, 0.1) is 18.1 Å². The molecule has 0 spiro atoms. The molecule has 27 heavy (non-hydrogen) atoms. The van der Waals surface area contributed by atoms with Gasteiger partial charge in [0.25, 0.3) is 5.69 Å². The second-order valence-corrected chi connectivity index (χ2v) is 6.55. The van der Waals surface area contributed by atoms with Crippen LogP contribution in [-0.2, 0) is 22.7 Å². The van der Waals surface area contributed by atoms with Crippen LogP contribution >= 0.6 is 0 Å². The minimum atomic E-state index is -0.442. The van der Waals surface area contributed by atoms with Crippen molar-refractivity contribution < 1.29 is 19.2 Å². The second-order valence-electron chi connectivity index (χ2n) is 6.55. The number of benzene rings is 2. The van der Waals surface area contributed by atoms with Gasteiger partial charge in [0.2, 0.25) is 5.91 Å². The standard InChI is InChI=1S/C19H21N3O5/c1-13-3-5-16(6-4-13)20-18(23)10-21(2)9-14-7-17(22(24)25)8-15-11-26-12-27-19(14)15/h3-8H,9-12H2,1-2H3,(H,20,23). The molecule has 0 unspecified atom stereocenters. The van der Waals surface area contributed by atoms with Gasteiger partial charge in [-0.15, -0.1) is 0 Å². The van der Waals surface area contributed by atoms with Gasteiger partial charge in [0.1, 0.15) is 5.75 Å². The number of nitrogens with zero attached hydrogens (tertiary/aromatic N) is 2. The second kappa shape index (κ2) is 8.15. The maximum atomic E-state index is 12.2. The zero-order valence-electron chi connectivity index (χ0n) is 15.2. The molecule has 1 N–H and O–H groups in total. The van der Waals surface area contributed by atoms with Gasteiger partial charge >= 0.3 is 0 Å². The lowest BCUT2D eigenvalue weighted by Gasteiger charge is -2.23. The number of carbonyl (C=O) groups excluding carboxylic acids is 1. The van der Waals surface area contributed by atoms with Gasteiger partial charge in [-0.25, -0.2) is 0 Å². The molecule has 0 fully saturated rings. The molecule has 1 aliphatic heterocycles. The van der Waals surface area contributed by atoms with Crippen LogP contribution < -0.4 is 10.1 Å². The van der Waals surface area contributed by atoms with Gasteiger partial charge in [-0.1, -0.05) is 17.7 Å². The summed E-state index contributed by atoms with van der Waals surface area (Å²) < 4.78 is 10.7. The topological polar surface area (TPSA) is 93.9 Å². The summed E-state index contributed by atoms with van der Waals surface area (Å²) in [5.41, 5.74) is 3.13. The van der Waals surface area contributed by atoms with E-state index < -0.39 is 4.92 Å². The van der Waals surface area contributed by atoms with Gasteiger partial charge in [-0.2, -0.15) is 0 Å². The highest BCUT2D eigenvalue weighted by Crippen LogP contribution is 2.33. The highest BCUT2D eigenvalue weighted by molar-refractivity contribution is 5.92. The summed E-state index contributed by atoms with van der Waals surface area (Å²) in [6, 6.07) is 10.5. The molecule has 0 aromatic heterocycles. The Morgan fingerprint density at radius 2 is 2.04 bits per heavy atom. The van der Waals surface area contributed by atoms with Crippen LogP contribution in [-0.4, -0.2) is 36.1 Å². The fraction of sp³-hybridized carbons (Fsp3) is 0.316. The fourth-order valence-electron chi connectivity index (χ4n) is 2.93. The van der Waals surface area contributed by atoms with Gasteiger partial charge < -0.3 is 14.8 Å². The van der Waals surface area contributed by atoms with Crippen LogP contribution in [0.15, 0.2) is 36.4 Å². The summed E-state index contributed by atoms with van der Waals surface area (Å²) in [7, 11) is 1.78. The molecule has 0 aliphatic carbocycles. The third-order valence-corrected chi connectivity index (χ3v) is 4.17. The third-order valence-electron chi connectivity index (χ3n) is 4.17. The Bertz CT molecular complexity index is 851. The smallest absolute Gasteiger partial charge is 0.270 e. The number of amides is 1. The molecule has 1 aliphatic rings. The quantitative estimate of drug-likeness (QED) is 0.620. The van der Waals surface area contributed by atoms with Crippen LogP contribution in [0.5, 0.6) is 5.75 Å². The number of nitro groups is 1. The van der Waals surface area contributed by atoms with Crippen molar-refractivity contribution in [1.82, 2.24) is 4.90 Å². The van der Waals surface area contributed by atoms with E-state index in [-0.39, 0.29) is 31.5 Å². The third kappa shape index (κ3) is 4.81. The molecule has 3 rings (SSSR count). The lowest BCUT2D eigenvalue weighted by molar-refractivity contribution is -0.385. The van der Waals surface area contributed by atoms with Crippen molar-refractivity contribution in [2.75, 3.05) is 25.7 Å². The molecule has 1 amide bonds. The Balaban J connectivity index is 1.68. The summed E-state index contributed by atoms with van der Waals surface area (Å²) in [5.74, 6) is 0.433. The number of nitro benzene ring substituents is 1. The molecule has 2 aromatic rings. The first kappa shape index (κ1) is 18.8. The number of anilines is 1. The molecule has 0 bridgehead atoms. The van der Waals surface area contributed by atoms with E-state index in [0.29, 0.717) is 23.4 Å². The minimum absolute atomic E-state index is 0.0182. The Morgan fingerprint density at radius 3 is 2.74 bits per heavy atom. The van der Waals surface area contributed by atoms with Crippen LogP contribution in [0.3, 0.4) is 0 Å². The first-order valence-electron chi connectivity index (χ1n) is 8.48. The zero-order valence-corrected chi connectivity index (χ0v) is 15.2. The molecule has 0 saturated carbocycles. The molecule has 0 atom stereocenters. The fourth-order valence-corrected chi connectivity index (χ4v) is 2.93. The van der Waals surface area contributed by atoms with Crippen molar-refractivity contribution in [1.29, 1.82) is 0 Å². The maximum Gasteiger partial charge on any atom is 0.270 e. The Labute approximate surface area is 156 Å². The van der Waals surface area contributed by atoms with Crippen molar-refractivity contribution >= 4 is 17.3 Å². The molecule has 8 nitrogen and oxygen atoms in total. The first-order chi connectivity index (χ1) is 12.9. The average Bonchev–Trinajstić information content (AvgIpc) is 2.63. The lowest BCUT2D eigenvalue weighted by atomic mass is 10.1. The molecule has 0 saturated heterocycles. The van der Waals surface area contributed by atoms with E-state index in [2.05, 4.69) is 5.32 Å². The molecular weight excluding hydrogens is 350 g/mol. The van der Waals surface area contributed by atoms with Crippen molar-refractivity contribution in [2.45, 2.75) is 20.1 Å². The van der Waals surface area contributed by atoms with Crippen LogP contribution in [0.1, 0.15) is 16.7 Å². The molecule has 2 aromatic carbocycles. The van der Waals surface area contributed by atoms with E-state index in [4.69, 9.17) is 9.47 Å². The van der Waals surface area contributed by atoms with Crippen LogP contribution in [0.4, 0.5) is 11.4 Å². The van der Waals surface area contributed by atoms with Crippen molar-refractivity contribution in [3.05, 3.63) is 63.2 Å². The molecule has 8 heteroatoms. The minimum Gasteiger partial charge on any atom is -0.467 e. The molecule has 142 valence electrons. The van der Waals surface area contributed by atoms with E-state index in [0.717, 1.165) is 11.3 Å². The largest absolute Gasteiger partial charge is 0.467 e. The van der Waals surface area contributed by atoms with E-state index in [1.54, 1.807) is 11.9 Å². The van der Waals surface area contributed by atoms with E-state index in [1.807, 2.05) is 31.2 Å². The summed E-state index contributed by atoms with van der Waals surface area (Å²) >= 11 is 0. The van der Waals surface area contributed by atoms with E-state index >= 15 is 0 Å². The maximum absolute atomic E-state index is 12.2. The summed E-state index contributed by atoms with van der Waals surface area (Å²) in [4.78, 5) is 24.8. The lowest BCUT2D eigenvalue weighted by Crippen LogP contribution is -2.30. The number of carbonyl (C=O) groups is 1. The average molecular weight is 371 g/mol. The Morgan fingerprint density at radius 1 is 1.30 bits per heavy atom. The number of hydrogen-bond acceptors (Lipinski definition) is 6. The number of ether oxygens (including phenoxy) is 2. The number of rotatable bonds is 6. The van der Waals surface area contributed by atoms with Gasteiger partial charge in [0, 0.05) is 35.5 Å². The van der Waals surface area contributed by atoms with E-state index in [1.165, 1.54) is 12.1 Å². The van der Waals surface area contributed by atoms with Gasteiger partial charge in [0.15, 0.2) is 6.79 Å². The predicted octanol–water partition coefficient (Wildman–Crippen LogP) is 2.84. The Kier molecular flexibility index (Phi) is 5.68. The monoisotopic (exact) mass is 371 g/mol. The number of aryl methyl sites for hydroxylation is 1. The number of likely N-dealkylation sites (N-methyl/N-ethyl adjacent to an activating group) is 1. The summed E-state index contributed by atoms with van der Waals surface area (Å²) in [5, 5.41) is 14.0. The van der Waals surface area contributed by atoms with Crippen LogP contribution in [0, 0.1) is 17.0 Å². The van der Waals surface area contributed by atoms with Crippen LogP contribution in [0.2, 0.25) is 0 Å². The first-order valence-corrected chi connectivity index (χ1v) is 8.48.